The summed E-state index contributed by atoms with van der Waals surface area (Å²) in [5.41, 5.74) is 1.83. The van der Waals surface area contributed by atoms with Gasteiger partial charge in [0.05, 0.1) is 23.3 Å². The monoisotopic (exact) mass is 488 g/mol. The number of fused-ring (bicyclic) bond motifs is 1. The number of nitrogens with zero attached hydrogens (tertiary/aromatic N) is 2. The number of carbonyl (C=O) groups is 1. The van der Waals surface area contributed by atoms with Crippen LogP contribution in [0.15, 0.2) is 77.1 Å². The smallest absolute Gasteiger partial charge is 0.308 e. The molecule has 33 heavy (non-hydrogen) atoms. The molecule has 1 aliphatic heterocycles. The van der Waals surface area contributed by atoms with Crippen molar-refractivity contribution >= 4 is 34.0 Å². The molecule has 4 rings (SSSR count). The van der Waals surface area contributed by atoms with E-state index in [-0.39, 0.29) is 35.8 Å². The quantitative estimate of drug-likeness (QED) is 0.393. The lowest BCUT2D eigenvalue weighted by molar-refractivity contribution is -0.118. The van der Waals surface area contributed by atoms with E-state index >= 15 is 0 Å². The fraction of sp³-hybridized carbons (Fsp3) is 0.217. The molecule has 1 aromatic heterocycles. The molecule has 1 aliphatic rings. The van der Waals surface area contributed by atoms with E-state index in [4.69, 9.17) is 0 Å². The Bertz CT molecular complexity index is 1330. The van der Waals surface area contributed by atoms with Gasteiger partial charge in [-0.05, 0) is 42.7 Å². The highest BCUT2D eigenvalue weighted by Gasteiger charge is 2.32. The summed E-state index contributed by atoms with van der Waals surface area (Å²) in [5.74, 6) is -0.0944. The molecule has 10 heteroatoms. The predicted octanol–water partition coefficient (Wildman–Crippen LogP) is 2.56. The van der Waals surface area contributed by atoms with E-state index in [1.165, 1.54) is 12.3 Å². The van der Waals surface area contributed by atoms with E-state index in [0.29, 0.717) is 29.9 Å². The van der Waals surface area contributed by atoms with Crippen molar-refractivity contribution < 1.29 is 13.2 Å². The van der Waals surface area contributed by atoms with Gasteiger partial charge >= 0.3 is 5.69 Å². The molecule has 0 spiro atoms. The lowest BCUT2D eigenvalue weighted by Crippen LogP contribution is -2.41. The zero-order chi connectivity index (χ0) is 22.9. The Labute approximate surface area is 198 Å². The number of hydrogen-bond donors (Lipinski definition) is 2. The summed E-state index contributed by atoms with van der Waals surface area (Å²) in [7, 11) is -4.11. The van der Waals surface area contributed by atoms with Gasteiger partial charge in [0, 0.05) is 18.3 Å². The number of carbonyl (C=O) groups excluding carboxylic acids is 1. The minimum absolute atomic E-state index is 0. The normalized spacial score (nSPS) is 15.1. The molecule has 0 fully saturated rings. The highest BCUT2D eigenvalue weighted by atomic mass is 35.5. The summed E-state index contributed by atoms with van der Waals surface area (Å²) in [5, 5.41) is 3.00. The number of halogens is 1. The van der Waals surface area contributed by atoms with Gasteiger partial charge in [0.2, 0.25) is 5.91 Å². The van der Waals surface area contributed by atoms with Gasteiger partial charge in [-0.15, -0.1) is 19.0 Å². The second-order valence-electron chi connectivity index (χ2n) is 7.67. The molecule has 8 nitrogen and oxygen atoms in total. The summed E-state index contributed by atoms with van der Waals surface area (Å²) in [6.07, 6.45) is 3.51. The van der Waals surface area contributed by atoms with Crippen molar-refractivity contribution in [2.24, 2.45) is 0 Å². The van der Waals surface area contributed by atoms with E-state index in [1.54, 1.807) is 47.4 Å². The van der Waals surface area contributed by atoms with Crippen molar-refractivity contribution in [2.75, 3.05) is 18.0 Å². The molecule has 2 heterocycles. The summed E-state index contributed by atoms with van der Waals surface area (Å²) in [4.78, 5) is 29.4. The van der Waals surface area contributed by atoms with Crippen molar-refractivity contribution in [2.45, 2.75) is 24.3 Å². The number of aromatic nitrogens is 2. The molecule has 1 amide bonds. The average Bonchev–Trinajstić information content (AvgIpc) is 3.33. The number of imidazole rings is 1. The van der Waals surface area contributed by atoms with E-state index in [2.05, 4.69) is 16.9 Å². The lowest BCUT2D eigenvalue weighted by atomic mass is 10.1. The highest BCUT2D eigenvalue weighted by molar-refractivity contribution is 7.90. The van der Waals surface area contributed by atoms with Crippen LogP contribution in [0.2, 0.25) is 0 Å². The van der Waals surface area contributed by atoms with Crippen molar-refractivity contribution in [1.29, 1.82) is 0 Å². The lowest BCUT2D eigenvalue weighted by Gasteiger charge is -2.23. The van der Waals surface area contributed by atoms with Crippen LogP contribution in [-0.4, -0.2) is 42.4 Å². The second kappa shape index (κ2) is 9.78. The molecule has 2 aromatic carbocycles. The molecule has 2 N–H and O–H groups in total. The number of anilines is 1. The van der Waals surface area contributed by atoms with E-state index < -0.39 is 15.7 Å². The SMILES string of the molecule is C=CCNCC(=O)N1c2ccc(S(=O)(=O)n3cc(-c4ccccc4)[nH]c3=O)cc2CC1C.Cl. The maximum atomic E-state index is 13.2. The van der Waals surface area contributed by atoms with Crippen LogP contribution in [0, 0.1) is 0 Å². The third kappa shape index (κ3) is 4.66. The Morgan fingerprint density at radius 3 is 2.67 bits per heavy atom. The van der Waals surface area contributed by atoms with Crippen molar-refractivity contribution in [3.8, 4) is 11.3 Å². The summed E-state index contributed by atoms with van der Waals surface area (Å²) in [6.45, 7) is 6.22. The first kappa shape index (κ1) is 24.5. The molecular weight excluding hydrogens is 464 g/mol. The number of amides is 1. The van der Waals surface area contributed by atoms with Crippen molar-refractivity contribution in [3.05, 3.63) is 83.4 Å². The van der Waals surface area contributed by atoms with Gasteiger partial charge in [0.15, 0.2) is 0 Å². The number of rotatable bonds is 7. The molecule has 0 saturated carbocycles. The minimum atomic E-state index is -4.11. The van der Waals surface area contributed by atoms with Gasteiger partial charge in [-0.25, -0.2) is 13.2 Å². The topological polar surface area (TPSA) is 104 Å². The fourth-order valence-corrected chi connectivity index (χ4v) is 5.22. The Morgan fingerprint density at radius 1 is 1.24 bits per heavy atom. The first-order valence-electron chi connectivity index (χ1n) is 10.2. The zero-order valence-corrected chi connectivity index (χ0v) is 19.7. The Hall–Kier alpha value is -3.14. The van der Waals surface area contributed by atoms with Gasteiger partial charge < -0.3 is 15.2 Å². The fourth-order valence-electron chi connectivity index (χ4n) is 3.95. The molecule has 1 unspecified atom stereocenters. The van der Waals surface area contributed by atoms with Crippen LogP contribution in [-0.2, 0) is 21.2 Å². The van der Waals surface area contributed by atoms with Crippen LogP contribution >= 0.6 is 12.4 Å². The molecule has 3 aromatic rings. The van der Waals surface area contributed by atoms with Gasteiger partial charge in [-0.1, -0.05) is 36.4 Å². The minimum Gasteiger partial charge on any atom is -0.308 e. The molecule has 1 atom stereocenters. The average molecular weight is 489 g/mol. The maximum absolute atomic E-state index is 13.2. The van der Waals surface area contributed by atoms with Gasteiger partial charge in [-0.2, -0.15) is 3.97 Å². The first-order valence-corrected chi connectivity index (χ1v) is 11.7. The van der Waals surface area contributed by atoms with Gasteiger partial charge in [0.25, 0.3) is 10.0 Å². The maximum Gasteiger partial charge on any atom is 0.340 e. The van der Waals surface area contributed by atoms with Crippen LogP contribution in [0.1, 0.15) is 12.5 Å². The summed E-state index contributed by atoms with van der Waals surface area (Å²) in [6, 6.07) is 13.5. The highest BCUT2D eigenvalue weighted by Crippen LogP contribution is 2.34. The molecule has 174 valence electrons. The largest absolute Gasteiger partial charge is 0.340 e. The third-order valence-corrected chi connectivity index (χ3v) is 7.07. The van der Waals surface area contributed by atoms with Crippen LogP contribution in [0.3, 0.4) is 0 Å². The Balaban J connectivity index is 0.00000306. The van der Waals surface area contributed by atoms with Gasteiger partial charge in [-0.3, -0.25) is 4.79 Å². The van der Waals surface area contributed by atoms with Crippen LogP contribution in [0.25, 0.3) is 11.3 Å². The zero-order valence-electron chi connectivity index (χ0n) is 18.0. The number of nitrogens with one attached hydrogen (secondary N) is 2. The molecule has 0 radical (unpaired) electrons. The van der Waals surface area contributed by atoms with Crippen LogP contribution in [0.4, 0.5) is 5.69 Å². The summed E-state index contributed by atoms with van der Waals surface area (Å²) < 4.78 is 27.1. The standard InChI is InChI=1S/C23H24N4O4S.ClH/c1-3-11-24-14-22(28)27-16(2)12-18-13-19(9-10-21(18)27)32(30,31)26-15-20(25-23(26)29)17-7-5-4-6-8-17;/h3-10,13,15-16,24H,1,11-12,14H2,2H3,(H,25,29);1H. The number of aromatic amines is 1. The molecule has 0 saturated heterocycles. The Kier molecular flexibility index (Phi) is 7.26. The third-order valence-electron chi connectivity index (χ3n) is 5.43. The van der Waals surface area contributed by atoms with E-state index in [1.807, 2.05) is 13.0 Å². The molecule has 0 aliphatic carbocycles. The van der Waals surface area contributed by atoms with E-state index in [9.17, 15) is 18.0 Å². The molecular formula is C23H25ClN4O4S. The van der Waals surface area contributed by atoms with Crippen LogP contribution < -0.4 is 15.9 Å². The second-order valence-corrected chi connectivity index (χ2v) is 9.48. The van der Waals surface area contributed by atoms with Crippen molar-refractivity contribution in [1.82, 2.24) is 14.3 Å². The van der Waals surface area contributed by atoms with Gasteiger partial charge in [0.1, 0.15) is 0 Å². The number of hydrogen-bond acceptors (Lipinski definition) is 5. The van der Waals surface area contributed by atoms with Crippen LogP contribution in [0.5, 0.6) is 0 Å². The molecule has 0 bridgehead atoms. The van der Waals surface area contributed by atoms with Crippen molar-refractivity contribution in [3.63, 3.8) is 0 Å². The first-order chi connectivity index (χ1) is 15.3. The Morgan fingerprint density at radius 2 is 1.97 bits per heavy atom. The number of H-pyrrole nitrogens is 1. The summed E-state index contributed by atoms with van der Waals surface area (Å²) >= 11 is 0. The predicted molar refractivity (Wildman–Crippen MR) is 130 cm³/mol. The number of benzene rings is 2. The van der Waals surface area contributed by atoms with E-state index in [0.717, 1.165) is 9.54 Å².